The zero-order chi connectivity index (χ0) is 22.1. The minimum absolute atomic E-state index is 0.237. The fourth-order valence-electron chi connectivity index (χ4n) is 3.93. The molecule has 0 spiro atoms. The molecule has 0 saturated carbocycles. The number of aromatic nitrogens is 1. The van der Waals surface area contributed by atoms with E-state index >= 15 is 0 Å². The molecular weight excluding hydrogens is 412 g/mol. The van der Waals surface area contributed by atoms with Gasteiger partial charge in [0, 0.05) is 10.4 Å². The van der Waals surface area contributed by atoms with Crippen molar-refractivity contribution < 1.29 is 18.8 Å². The van der Waals surface area contributed by atoms with Crippen LogP contribution in [0.1, 0.15) is 64.1 Å². The lowest BCUT2D eigenvalue weighted by molar-refractivity contribution is 0.0378. The molecule has 6 nitrogen and oxygen atoms in total. The normalized spacial score (nSPS) is 15.6. The highest BCUT2D eigenvalue weighted by Gasteiger charge is 2.31. The van der Waals surface area contributed by atoms with Gasteiger partial charge in [-0.05, 0) is 51.5 Å². The Morgan fingerprint density at radius 1 is 1.23 bits per heavy atom. The second kappa shape index (κ2) is 8.67. The monoisotopic (exact) mass is 438 g/mol. The van der Waals surface area contributed by atoms with Crippen molar-refractivity contribution in [2.75, 3.05) is 5.32 Å². The van der Waals surface area contributed by atoms with E-state index in [0.29, 0.717) is 33.5 Å². The van der Waals surface area contributed by atoms with E-state index in [-0.39, 0.29) is 18.0 Å². The van der Waals surface area contributed by atoms with Gasteiger partial charge in [-0.3, -0.25) is 4.79 Å². The summed E-state index contributed by atoms with van der Waals surface area (Å²) in [7, 11) is 0. The molecule has 1 amide bonds. The van der Waals surface area contributed by atoms with E-state index < -0.39 is 0 Å². The fraction of sp³-hybridized carbons (Fsp3) is 0.375. The molecule has 4 rings (SSSR count). The number of aryl methyl sites for hydroxylation is 1. The first-order valence-corrected chi connectivity index (χ1v) is 11.3. The summed E-state index contributed by atoms with van der Waals surface area (Å²) in [6.45, 7) is 7.57. The first-order chi connectivity index (χ1) is 14.8. The lowest BCUT2D eigenvalue weighted by atomic mass is 9.88. The highest BCUT2D eigenvalue weighted by atomic mass is 32.1. The number of hydrogen-bond acceptors (Lipinski definition) is 6. The van der Waals surface area contributed by atoms with Gasteiger partial charge in [-0.25, -0.2) is 4.79 Å². The summed E-state index contributed by atoms with van der Waals surface area (Å²) in [4.78, 5) is 27.4. The number of hydrogen-bond donors (Lipinski definition) is 1. The van der Waals surface area contributed by atoms with Crippen LogP contribution >= 0.6 is 11.3 Å². The van der Waals surface area contributed by atoms with Crippen LogP contribution < -0.4 is 5.32 Å². The van der Waals surface area contributed by atoms with Gasteiger partial charge in [0.25, 0.3) is 5.91 Å². The Morgan fingerprint density at radius 3 is 2.68 bits per heavy atom. The van der Waals surface area contributed by atoms with Crippen LogP contribution in [0.2, 0.25) is 0 Å². The molecular formula is C24H26N2O4S. The van der Waals surface area contributed by atoms with Crippen LogP contribution in [0, 0.1) is 12.8 Å². The van der Waals surface area contributed by atoms with E-state index in [9.17, 15) is 9.59 Å². The van der Waals surface area contributed by atoms with Crippen molar-refractivity contribution in [3.63, 3.8) is 0 Å². The Bertz CT molecular complexity index is 1110. The molecule has 0 saturated heterocycles. The molecule has 0 radical (unpaired) electrons. The fourth-order valence-corrected chi connectivity index (χ4v) is 5.32. The van der Waals surface area contributed by atoms with Crippen LogP contribution in [-0.2, 0) is 17.6 Å². The molecule has 0 fully saturated rings. The summed E-state index contributed by atoms with van der Waals surface area (Å²) in [5.41, 5.74) is 3.15. The van der Waals surface area contributed by atoms with Gasteiger partial charge in [0.2, 0.25) is 0 Å². The molecule has 1 unspecified atom stereocenters. The van der Waals surface area contributed by atoms with Gasteiger partial charge >= 0.3 is 5.97 Å². The van der Waals surface area contributed by atoms with Crippen molar-refractivity contribution >= 4 is 28.2 Å². The van der Waals surface area contributed by atoms with Crippen molar-refractivity contribution in [1.82, 2.24) is 5.16 Å². The van der Waals surface area contributed by atoms with Crippen LogP contribution in [0.3, 0.4) is 0 Å². The molecule has 2 aromatic heterocycles. The maximum atomic E-state index is 13.3. The molecule has 0 aliphatic heterocycles. The third-order valence-corrected chi connectivity index (χ3v) is 6.59. The van der Waals surface area contributed by atoms with Crippen molar-refractivity contribution in [3.8, 4) is 11.3 Å². The van der Waals surface area contributed by atoms with Gasteiger partial charge in [0.1, 0.15) is 22.0 Å². The summed E-state index contributed by atoms with van der Waals surface area (Å²) in [6, 6.07) is 9.43. The number of nitrogens with one attached hydrogen (secondary N) is 1. The molecule has 3 aromatic rings. The summed E-state index contributed by atoms with van der Waals surface area (Å²) in [5.74, 6) is 0.247. The minimum Gasteiger partial charge on any atom is -0.459 e. The van der Waals surface area contributed by atoms with Crippen molar-refractivity contribution in [1.29, 1.82) is 0 Å². The minimum atomic E-state index is -0.386. The van der Waals surface area contributed by atoms with E-state index in [4.69, 9.17) is 9.26 Å². The molecule has 1 aliphatic carbocycles. The SMILES string of the molecule is Cc1onc(-c2ccccc2)c1C(=O)Nc1sc2c(c1C(=O)OC(C)C)CCC(C)C2. The third kappa shape index (κ3) is 4.28. The number of esters is 1. The summed E-state index contributed by atoms with van der Waals surface area (Å²) in [6.07, 6.45) is 2.49. The molecule has 1 atom stereocenters. The highest BCUT2D eigenvalue weighted by molar-refractivity contribution is 7.17. The van der Waals surface area contributed by atoms with Gasteiger partial charge in [0.05, 0.1) is 11.7 Å². The topological polar surface area (TPSA) is 81.4 Å². The first-order valence-electron chi connectivity index (χ1n) is 10.5. The van der Waals surface area contributed by atoms with Crippen molar-refractivity contribution in [2.45, 2.75) is 53.1 Å². The zero-order valence-corrected chi connectivity index (χ0v) is 19.0. The van der Waals surface area contributed by atoms with E-state index in [1.54, 1.807) is 6.92 Å². The second-order valence-electron chi connectivity index (χ2n) is 8.29. The largest absolute Gasteiger partial charge is 0.459 e. The van der Waals surface area contributed by atoms with E-state index in [1.807, 2.05) is 44.2 Å². The van der Waals surface area contributed by atoms with Crippen LogP contribution in [-0.4, -0.2) is 23.1 Å². The number of carbonyl (C=O) groups is 2. The molecule has 1 aromatic carbocycles. The standard InChI is InChI=1S/C24H26N2O4S/c1-13(2)29-24(28)20-17-11-10-14(3)12-18(17)31-23(20)25-22(27)19-15(4)30-26-21(19)16-8-6-5-7-9-16/h5-9,13-14H,10-12H2,1-4H3,(H,25,27). The lowest BCUT2D eigenvalue weighted by Crippen LogP contribution is -2.19. The average molecular weight is 439 g/mol. The smallest absolute Gasteiger partial charge is 0.341 e. The zero-order valence-electron chi connectivity index (χ0n) is 18.2. The first kappa shape index (κ1) is 21.3. The van der Waals surface area contributed by atoms with Crippen LogP contribution in [0.5, 0.6) is 0 Å². The number of ether oxygens (including phenoxy) is 1. The summed E-state index contributed by atoms with van der Waals surface area (Å²) < 4.78 is 10.8. The van der Waals surface area contributed by atoms with E-state index in [0.717, 1.165) is 35.3 Å². The Hall–Kier alpha value is -2.93. The number of nitrogens with zero attached hydrogens (tertiary/aromatic N) is 1. The Balaban J connectivity index is 1.71. The number of amides is 1. The molecule has 162 valence electrons. The summed E-state index contributed by atoms with van der Waals surface area (Å²) >= 11 is 1.47. The predicted octanol–water partition coefficient (Wildman–Crippen LogP) is 5.65. The van der Waals surface area contributed by atoms with Crippen LogP contribution in [0.25, 0.3) is 11.3 Å². The molecule has 2 heterocycles. The van der Waals surface area contributed by atoms with Crippen molar-refractivity contribution in [2.24, 2.45) is 5.92 Å². The maximum absolute atomic E-state index is 13.3. The van der Waals surface area contributed by atoms with Gasteiger partial charge in [-0.2, -0.15) is 0 Å². The molecule has 0 bridgehead atoms. The predicted molar refractivity (Wildman–Crippen MR) is 121 cm³/mol. The molecule has 31 heavy (non-hydrogen) atoms. The van der Waals surface area contributed by atoms with Gasteiger partial charge in [0.15, 0.2) is 0 Å². The Labute approximate surface area is 185 Å². The number of rotatable bonds is 5. The van der Waals surface area contributed by atoms with Crippen molar-refractivity contribution in [3.05, 3.63) is 57.7 Å². The van der Waals surface area contributed by atoms with E-state index in [2.05, 4.69) is 17.4 Å². The maximum Gasteiger partial charge on any atom is 0.341 e. The summed E-state index contributed by atoms with van der Waals surface area (Å²) in [5, 5.41) is 7.60. The number of thiophene rings is 1. The third-order valence-electron chi connectivity index (χ3n) is 5.42. The average Bonchev–Trinajstić information content (AvgIpc) is 3.27. The molecule has 1 N–H and O–H groups in total. The van der Waals surface area contributed by atoms with E-state index in [1.165, 1.54) is 11.3 Å². The second-order valence-corrected chi connectivity index (χ2v) is 9.40. The highest BCUT2D eigenvalue weighted by Crippen LogP contribution is 2.40. The number of carbonyl (C=O) groups excluding carboxylic acids is 2. The molecule has 7 heteroatoms. The molecule has 1 aliphatic rings. The number of fused-ring (bicyclic) bond motifs is 1. The Kier molecular flexibility index (Phi) is 5.96. The Morgan fingerprint density at radius 2 is 1.97 bits per heavy atom. The van der Waals surface area contributed by atoms with Gasteiger partial charge in [-0.1, -0.05) is 42.4 Å². The van der Waals surface area contributed by atoms with Gasteiger partial charge < -0.3 is 14.6 Å². The quantitative estimate of drug-likeness (QED) is 0.520. The van der Waals surface area contributed by atoms with Gasteiger partial charge in [-0.15, -0.1) is 11.3 Å². The van der Waals surface area contributed by atoms with Crippen LogP contribution in [0.4, 0.5) is 5.00 Å². The van der Waals surface area contributed by atoms with Crippen LogP contribution in [0.15, 0.2) is 34.9 Å². The number of anilines is 1. The lowest BCUT2D eigenvalue weighted by Gasteiger charge is -2.18. The number of benzene rings is 1.